The van der Waals surface area contributed by atoms with E-state index in [1.807, 2.05) is 0 Å². The molecule has 0 bridgehead atoms. The third kappa shape index (κ3) is 2.79. The van der Waals surface area contributed by atoms with Gasteiger partial charge >= 0.3 is 0 Å². The van der Waals surface area contributed by atoms with Gasteiger partial charge in [-0.15, -0.1) is 11.3 Å². The smallest absolute Gasteiger partial charge is 0.110 e. The summed E-state index contributed by atoms with van der Waals surface area (Å²) in [5.41, 5.74) is 10.0. The zero-order chi connectivity index (χ0) is 14.3. The quantitative estimate of drug-likeness (QED) is 0.901. The second-order valence-electron chi connectivity index (χ2n) is 6.76. The molecule has 2 nitrogen and oxygen atoms in total. The van der Waals surface area contributed by atoms with Crippen LogP contribution in [-0.4, -0.2) is 4.98 Å². The Morgan fingerprint density at radius 1 is 1.20 bits per heavy atom. The lowest BCUT2D eigenvalue weighted by Gasteiger charge is -2.18. The molecule has 106 valence electrons. The van der Waals surface area contributed by atoms with Crippen molar-refractivity contribution in [1.82, 2.24) is 4.98 Å². The van der Waals surface area contributed by atoms with Crippen molar-refractivity contribution in [3.05, 3.63) is 40.2 Å². The van der Waals surface area contributed by atoms with Crippen LogP contribution in [0.3, 0.4) is 0 Å². The SMILES string of the molecule is CC(C)(C)c1ccc(-c2csc(C(N)C3CC3)n2)cc1. The molecular formula is C17H22N2S. The average Bonchev–Trinajstić information content (AvgIpc) is 3.14. The molecule has 1 aromatic carbocycles. The van der Waals surface area contributed by atoms with Gasteiger partial charge in [-0.3, -0.25) is 0 Å². The van der Waals surface area contributed by atoms with Gasteiger partial charge in [0.15, 0.2) is 0 Å². The Morgan fingerprint density at radius 2 is 1.85 bits per heavy atom. The Bertz CT molecular complexity index is 588. The second kappa shape index (κ2) is 4.97. The Balaban J connectivity index is 1.82. The fourth-order valence-electron chi connectivity index (χ4n) is 2.37. The molecule has 0 radical (unpaired) electrons. The van der Waals surface area contributed by atoms with Crippen molar-refractivity contribution in [2.45, 2.75) is 45.1 Å². The van der Waals surface area contributed by atoms with E-state index < -0.39 is 0 Å². The lowest BCUT2D eigenvalue weighted by Crippen LogP contribution is -2.11. The molecule has 0 aliphatic heterocycles. The average molecular weight is 286 g/mol. The van der Waals surface area contributed by atoms with Crippen LogP contribution in [0.1, 0.15) is 50.2 Å². The standard InChI is InChI=1S/C17H22N2S/c1-17(2,3)13-8-6-11(7-9-13)14-10-20-16(19-14)15(18)12-4-5-12/h6-10,12,15H,4-5,18H2,1-3H3. The van der Waals surface area contributed by atoms with Crippen LogP contribution in [0.5, 0.6) is 0 Å². The highest BCUT2D eigenvalue weighted by Crippen LogP contribution is 2.41. The molecule has 1 saturated carbocycles. The fourth-order valence-corrected chi connectivity index (χ4v) is 3.29. The summed E-state index contributed by atoms with van der Waals surface area (Å²) in [5.74, 6) is 0.664. The van der Waals surface area contributed by atoms with E-state index in [-0.39, 0.29) is 11.5 Å². The Hall–Kier alpha value is -1.19. The van der Waals surface area contributed by atoms with Gasteiger partial charge in [-0.2, -0.15) is 0 Å². The van der Waals surface area contributed by atoms with Gasteiger partial charge in [0.05, 0.1) is 11.7 Å². The van der Waals surface area contributed by atoms with E-state index in [2.05, 4.69) is 50.4 Å². The molecule has 1 unspecified atom stereocenters. The van der Waals surface area contributed by atoms with Crippen molar-refractivity contribution in [2.75, 3.05) is 0 Å². The topological polar surface area (TPSA) is 38.9 Å². The van der Waals surface area contributed by atoms with E-state index in [9.17, 15) is 0 Å². The van der Waals surface area contributed by atoms with Crippen LogP contribution in [0.15, 0.2) is 29.6 Å². The molecule has 0 saturated heterocycles. The maximum Gasteiger partial charge on any atom is 0.110 e. The van der Waals surface area contributed by atoms with Gasteiger partial charge < -0.3 is 5.73 Å². The van der Waals surface area contributed by atoms with E-state index in [1.165, 1.54) is 24.0 Å². The lowest BCUT2D eigenvalue weighted by atomic mass is 9.86. The first kappa shape index (κ1) is 13.8. The summed E-state index contributed by atoms with van der Waals surface area (Å²) >= 11 is 1.69. The summed E-state index contributed by atoms with van der Waals surface area (Å²) in [6.07, 6.45) is 2.52. The number of hydrogen-bond donors (Lipinski definition) is 1. The van der Waals surface area contributed by atoms with E-state index in [0.29, 0.717) is 5.92 Å². The fraction of sp³-hybridized carbons (Fsp3) is 0.471. The number of nitrogens with zero attached hydrogens (tertiary/aromatic N) is 1. The summed E-state index contributed by atoms with van der Waals surface area (Å²) in [7, 11) is 0. The molecule has 3 heteroatoms. The summed E-state index contributed by atoms with van der Waals surface area (Å²) < 4.78 is 0. The number of rotatable bonds is 3. The molecular weight excluding hydrogens is 264 g/mol. The van der Waals surface area contributed by atoms with Crippen LogP contribution in [-0.2, 0) is 5.41 Å². The first-order valence-electron chi connectivity index (χ1n) is 7.27. The third-order valence-electron chi connectivity index (χ3n) is 3.98. The normalized spacial score (nSPS) is 17.2. The zero-order valence-corrected chi connectivity index (χ0v) is 13.2. The van der Waals surface area contributed by atoms with Crippen molar-refractivity contribution in [3.63, 3.8) is 0 Å². The molecule has 2 N–H and O–H groups in total. The minimum atomic E-state index is 0.141. The summed E-state index contributed by atoms with van der Waals surface area (Å²) in [6, 6.07) is 8.89. The van der Waals surface area contributed by atoms with Gasteiger partial charge in [0.1, 0.15) is 5.01 Å². The van der Waals surface area contributed by atoms with Crippen LogP contribution < -0.4 is 5.73 Å². The molecule has 1 heterocycles. The van der Waals surface area contributed by atoms with Gasteiger partial charge in [-0.1, -0.05) is 45.0 Å². The van der Waals surface area contributed by atoms with Crippen molar-refractivity contribution < 1.29 is 0 Å². The van der Waals surface area contributed by atoms with Crippen LogP contribution >= 0.6 is 11.3 Å². The molecule has 1 aromatic heterocycles. The molecule has 2 aromatic rings. The highest BCUT2D eigenvalue weighted by Gasteiger charge is 2.31. The van der Waals surface area contributed by atoms with E-state index in [0.717, 1.165) is 10.7 Å². The van der Waals surface area contributed by atoms with Crippen molar-refractivity contribution in [2.24, 2.45) is 11.7 Å². The van der Waals surface area contributed by atoms with Gasteiger partial charge in [0.2, 0.25) is 0 Å². The molecule has 0 spiro atoms. The maximum atomic E-state index is 6.22. The number of aromatic nitrogens is 1. The minimum Gasteiger partial charge on any atom is -0.322 e. The van der Waals surface area contributed by atoms with Crippen LogP contribution in [0.25, 0.3) is 11.3 Å². The zero-order valence-electron chi connectivity index (χ0n) is 12.4. The minimum absolute atomic E-state index is 0.141. The predicted molar refractivity (Wildman–Crippen MR) is 85.9 cm³/mol. The first-order valence-corrected chi connectivity index (χ1v) is 8.15. The summed E-state index contributed by atoms with van der Waals surface area (Å²) in [4.78, 5) is 4.73. The number of nitrogens with two attached hydrogens (primary N) is 1. The van der Waals surface area contributed by atoms with E-state index in [4.69, 9.17) is 10.7 Å². The van der Waals surface area contributed by atoms with Crippen LogP contribution in [0.4, 0.5) is 0 Å². The Labute approximate surface area is 125 Å². The van der Waals surface area contributed by atoms with Gasteiger partial charge in [0, 0.05) is 10.9 Å². The molecule has 1 aliphatic rings. The second-order valence-corrected chi connectivity index (χ2v) is 7.65. The number of thiazole rings is 1. The summed E-state index contributed by atoms with van der Waals surface area (Å²) in [5, 5.41) is 3.21. The number of benzene rings is 1. The third-order valence-corrected chi connectivity index (χ3v) is 4.93. The first-order chi connectivity index (χ1) is 9.45. The van der Waals surface area contributed by atoms with Gasteiger partial charge in [-0.25, -0.2) is 4.98 Å². The molecule has 20 heavy (non-hydrogen) atoms. The predicted octanol–water partition coefficient (Wildman–Crippen LogP) is 4.52. The van der Waals surface area contributed by atoms with Gasteiger partial charge in [0.25, 0.3) is 0 Å². The van der Waals surface area contributed by atoms with E-state index in [1.54, 1.807) is 11.3 Å². The molecule has 1 aliphatic carbocycles. The lowest BCUT2D eigenvalue weighted by molar-refractivity contribution is 0.590. The largest absolute Gasteiger partial charge is 0.322 e. The highest BCUT2D eigenvalue weighted by atomic mass is 32.1. The summed E-state index contributed by atoms with van der Waals surface area (Å²) in [6.45, 7) is 6.70. The molecule has 3 rings (SSSR count). The maximum absolute atomic E-state index is 6.22. The Kier molecular flexibility index (Phi) is 3.43. The van der Waals surface area contributed by atoms with Crippen molar-refractivity contribution in [1.29, 1.82) is 0 Å². The van der Waals surface area contributed by atoms with Crippen molar-refractivity contribution >= 4 is 11.3 Å². The molecule has 1 fully saturated rings. The monoisotopic (exact) mass is 286 g/mol. The van der Waals surface area contributed by atoms with Crippen LogP contribution in [0, 0.1) is 5.92 Å². The molecule has 1 atom stereocenters. The van der Waals surface area contributed by atoms with Gasteiger partial charge in [-0.05, 0) is 29.7 Å². The molecule has 0 amide bonds. The number of hydrogen-bond acceptors (Lipinski definition) is 3. The van der Waals surface area contributed by atoms with Crippen LogP contribution in [0.2, 0.25) is 0 Å². The van der Waals surface area contributed by atoms with Crippen molar-refractivity contribution in [3.8, 4) is 11.3 Å². The Morgan fingerprint density at radius 3 is 2.40 bits per heavy atom. The van der Waals surface area contributed by atoms with E-state index >= 15 is 0 Å². The highest BCUT2D eigenvalue weighted by molar-refractivity contribution is 7.10.